The lowest BCUT2D eigenvalue weighted by Crippen LogP contribution is -1.91. The van der Waals surface area contributed by atoms with E-state index in [1.807, 2.05) is 6.07 Å². The monoisotopic (exact) mass is 212 g/mol. The Kier molecular flexibility index (Phi) is 4.32. The largest absolute Gasteiger partial charge is 0.402 e. The lowest BCUT2D eigenvalue weighted by molar-refractivity contribution is 1.30. The smallest absolute Gasteiger partial charge is 0.100 e. The molecule has 0 atom stereocenters. The Balaban J connectivity index is 4.86. The molecule has 2 N–H and O–H groups in total. The standard InChI is InChI=1S/C8H9BrN2/c1-3-8(9)7(5-10)4-6(2)11/h3-4H,1,11H2,2H3/b6-4+,8-7-. The topological polar surface area (TPSA) is 49.8 Å². The summed E-state index contributed by atoms with van der Waals surface area (Å²) < 4.78 is 0.657. The Morgan fingerprint density at radius 3 is 2.55 bits per heavy atom. The van der Waals surface area contributed by atoms with E-state index in [1.165, 1.54) is 0 Å². The molecule has 0 aliphatic heterocycles. The summed E-state index contributed by atoms with van der Waals surface area (Å²) in [6.45, 7) is 5.23. The van der Waals surface area contributed by atoms with Crippen LogP contribution in [0.25, 0.3) is 0 Å². The lowest BCUT2D eigenvalue weighted by Gasteiger charge is -1.92. The van der Waals surface area contributed by atoms with Crippen molar-refractivity contribution >= 4 is 15.9 Å². The molecule has 0 aromatic carbocycles. The van der Waals surface area contributed by atoms with Crippen molar-refractivity contribution < 1.29 is 0 Å². The first kappa shape index (κ1) is 9.99. The molecular formula is C8H9BrN2. The van der Waals surface area contributed by atoms with Crippen LogP contribution < -0.4 is 5.73 Å². The fraction of sp³-hybridized carbons (Fsp3) is 0.125. The zero-order valence-electron chi connectivity index (χ0n) is 6.26. The van der Waals surface area contributed by atoms with Crippen LogP contribution in [0.5, 0.6) is 0 Å². The highest BCUT2D eigenvalue weighted by atomic mass is 79.9. The van der Waals surface area contributed by atoms with Crippen molar-refractivity contribution in [3.63, 3.8) is 0 Å². The molecule has 0 aromatic rings. The first-order valence-electron chi connectivity index (χ1n) is 2.98. The summed E-state index contributed by atoms with van der Waals surface area (Å²) >= 11 is 3.17. The Morgan fingerprint density at radius 1 is 1.73 bits per heavy atom. The molecule has 0 heterocycles. The Hall–Kier alpha value is -1.01. The molecule has 0 bridgehead atoms. The van der Waals surface area contributed by atoms with E-state index >= 15 is 0 Å². The van der Waals surface area contributed by atoms with Gasteiger partial charge in [-0.1, -0.05) is 12.7 Å². The maximum Gasteiger partial charge on any atom is 0.100 e. The minimum Gasteiger partial charge on any atom is -0.402 e. The summed E-state index contributed by atoms with van der Waals surface area (Å²) in [7, 11) is 0. The van der Waals surface area contributed by atoms with E-state index in [0.29, 0.717) is 15.8 Å². The number of nitriles is 1. The number of nitrogens with two attached hydrogens (primary N) is 1. The maximum absolute atomic E-state index is 8.59. The molecular weight excluding hydrogens is 204 g/mol. The molecule has 0 saturated heterocycles. The van der Waals surface area contributed by atoms with Gasteiger partial charge in [-0.25, -0.2) is 0 Å². The van der Waals surface area contributed by atoms with Crippen molar-refractivity contribution in [2.45, 2.75) is 6.92 Å². The average molecular weight is 213 g/mol. The quantitative estimate of drug-likeness (QED) is 0.564. The van der Waals surface area contributed by atoms with E-state index in [0.717, 1.165) is 0 Å². The van der Waals surface area contributed by atoms with Crippen LogP contribution in [0.15, 0.2) is 34.5 Å². The molecule has 0 aliphatic carbocycles. The highest BCUT2D eigenvalue weighted by molar-refractivity contribution is 9.11. The fourth-order valence-electron chi connectivity index (χ4n) is 0.492. The molecule has 0 spiro atoms. The SMILES string of the molecule is C=C/C(Br)=C(C#N)\C=C(/C)N. The third-order valence-corrected chi connectivity index (χ3v) is 1.68. The molecule has 0 saturated carbocycles. The van der Waals surface area contributed by atoms with E-state index < -0.39 is 0 Å². The summed E-state index contributed by atoms with van der Waals surface area (Å²) in [6.07, 6.45) is 3.14. The molecule has 58 valence electrons. The summed E-state index contributed by atoms with van der Waals surface area (Å²) in [4.78, 5) is 0. The zero-order valence-corrected chi connectivity index (χ0v) is 7.85. The molecule has 0 aromatic heterocycles. The maximum atomic E-state index is 8.59. The van der Waals surface area contributed by atoms with Crippen LogP contribution in [0.4, 0.5) is 0 Å². The van der Waals surface area contributed by atoms with Crippen LogP contribution in [0.3, 0.4) is 0 Å². The second kappa shape index (κ2) is 4.75. The predicted octanol–water partition coefficient (Wildman–Crippen LogP) is 2.21. The van der Waals surface area contributed by atoms with Gasteiger partial charge in [-0.05, 0) is 28.9 Å². The van der Waals surface area contributed by atoms with Crippen molar-refractivity contribution in [1.82, 2.24) is 0 Å². The molecule has 0 radical (unpaired) electrons. The van der Waals surface area contributed by atoms with Gasteiger partial charge in [0.05, 0.1) is 5.57 Å². The van der Waals surface area contributed by atoms with E-state index in [9.17, 15) is 0 Å². The van der Waals surface area contributed by atoms with Crippen LogP contribution in [0.1, 0.15) is 6.92 Å². The van der Waals surface area contributed by atoms with E-state index in [2.05, 4.69) is 22.5 Å². The number of hydrogen-bond acceptors (Lipinski definition) is 2. The van der Waals surface area contributed by atoms with Gasteiger partial charge in [0.15, 0.2) is 0 Å². The highest BCUT2D eigenvalue weighted by Crippen LogP contribution is 2.13. The Labute approximate surface area is 74.8 Å². The second-order valence-corrected chi connectivity index (χ2v) is 2.82. The van der Waals surface area contributed by atoms with Gasteiger partial charge >= 0.3 is 0 Å². The zero-order chi connectivity index (χ0) is 8.85. The van der Waals surface area contributed by atoms with Crippen LogP contribution in [0, 0.1) is 11.3 Å². The Bertz CT molecular complexity index is 252. The molecule has 0 amide bonds. The van der Waals surface area contributed by atoms with Gasteiger partial charge in [-0.3, -0.25) is 0 Å². The summed E-state index contributed by atoms with van der Waals surface area (Å²) in [6, 6.07) is 1.99. The summed E-state index contributed by atoms with van der Waals surface area (Å²) in [5.74, 6) is 0. The van der Waals surface area contributed by atoms with E-state index in [1.54, 1.807) is 19.1 Å². The van der Waals surface area contributed by atoms with Crippen LogP contribution in [-0.2, 0) is 0 Å². The fourth-order valence-corrected chi connectivity index (χ4v) is 0.695. The third-order valence-electron chi connectivity index (χ3n) is 0.929. The normalized spacial score (nSPS) is 13.4. The minimum atomic E-state index is 0.486. The van der Waals surface area contributed by atoms with Gasteiger partial charge in [0.2, 0.25) is 0 Å². The van der Waals surface area contributed by atoms with Gasteiger partial charge in [0.1, 0.15) is 6.07 Å². The third kappa shape index (κ3) is 3.64. The van der Waals surface area contributed by atoms with Gasteiger partial charge < -0.3 is 5.73 Å². The first-order valence-corrected chi connectivity index (χ1v) is 3.77. The summed E-state index contributed by atoms with van der Waals surface area (Å²) in [5, 5.41) is 8.59. The molecule has 0 aliphatic rings. The molecule has 0 rings (SSSR count). The van der Waals surface area contributed by atoms with Gasteiger partial charge in [0.25, 0.3) is 0 Å². The summed E-state index contributed by atoms with van der Waals surface area (Å²) in [5.41, 5.74) is 6.47. The Morgan fingerprint density at radius 2 is 2.27 bits per heavy atom. The second-order valence-electron chi connectivity index (χ2n) is 1.97. The van der Waals surface area contributed by atoms with Crippen LogP contribution in [-0.4, -0.2) is 0 Å². The van der Waals surface area contributed by atoms with Crippen molar-refractivity contribution in [3.05, 3.63) is 34.5 Å². The molecule has 2 nitrogen and oxygen atoms in total. The minimum absolute atomic E-state index is 0.486. The van der Waals surface area contributed by atoms with Gasteiger partial charge in [-0.2, -0.15) is 5.26 Å². The molecule has 0 unspecified atom stereocenters. The highest BCUT2D eigenvalue weighted by Gasteiger charge is 1.95. The van der Waals surface area contributed by atoms with E-state index in [4.69, 9.17) is 11.0 Å². The molecule has 3 heteroatoms. The number of rotatable bonds is 2. The van der Waals surface area contributed by atoms with Crippen molar-refractivity contribution in [2.75, 3.05) is 0 Å². The number of hydrogen-bond donors (Lipinski definition) is 1. The van der Waals surface area contributed by atoms with Crippen molar-refractivity contribution in [1.29, 1.82) is 5.26 Å². The number of nitrogens with zero attached hydrogens (tertiary/aromatic N) is 1. The van der Waals surface area contributed by atoms with Gasteiger partial charge in [-0.15, -0.1) is 0 Å². The first-order chi connectivity index (χ1) is 5.11. The van der Waals surface area contributed by atoms with Crippen LogP contribution in [0.2, 0.25) is 0 Å². The van der Waals surface area contributed by atoms with Crippen molar-refractivity contribution in [2.24, 2.45) is 5.73 Å². The lowest BCUT2D eigenvalue weighted by atomic mass is 10.2. The van der Waals surface area contributed by atoms with E-state index in [-0.39, 0.29) is 0 Å². The molecule has 11 heavy (non-hydrogen) atoms. The number of allylic oxidation sites excluding steroid dienone is 5. The number of halogens is 1. The average Bonchev–Trinajstić information content (AvgIpc) is 1.98. The van der Waals surface area contributed by atoms with Gasteiger partial charge in [0, 0.05) is 10.2 Å². The van der Waals surface area contributed by atoms with Crippen LogP contribution >= 0.6 is 15.9 Å². The predicted molar refractivity (Wildman–Crippen MR) is 49.7 cm³/mol. The molecule has 0 fully saturated rings. The van der Waals surface area contributed by atoms with Crippen molar-refractivity contribution in [3.8, 4) is 6.07 Å².